The zero-order chi connectivity index (χ0) is 29.4. The van der Waals surface area contributed by atoms with Crippen LogP contribution in [0.5, 0.6) is 0 Å². The van der Waals surface area contributed by atoms with E-state index in [0.29, 0.717) is 17.7 Å². The number of hydrogen-bond donors (Lipinski definition) is 3. The van der Waals surface area contributed by atoms with Crippen LogP contribution in [0.25, 0.3) is 10.8 Å². The predicted molar refractivity (Wildman–Crippen MR) is 158 cm³/mol. The first-order valence-corrected chi connectivity index (χ1v) is 13.7. The van der Waals surface area contributed by atoms with Gasteiger partial charge in [0.15, 0.2) is 0 Å². The summed E-state index contributed by atoms with van der Waals surface area (Å²) in [5.74, 6) is -0.950. The number of carbonyl (C=O) groups excluding carboxylic acids is 3. The van der Waals surface area contributed by atoms with Crippen molar-refractivity contribution in [1.82, 2.24) is 10.2 Å². The number of amides is 3. The average Bonchev–Trinajstić information content (AvgIpc) is 2.89. The van der Waals surface area contributed by atoms with Gasteiger partial charge >= 0.3 is 6.09 Å². The topological polar surface area (TPSA) is 108 Å². The van der Waals surface area contributed by atoms with Crippen LogP contribution in [0.2, 0.25) is 0 Å². The van der Waals surface area contributed by atoms with Crippen molar-refractivity contribution in [2.24, 2.45) is 0 Å². The lowest BCUT2D eigenvalue weighted by Gasteiger charge is -2.35. The highest BCUT2D eigenvalue weighted by atomic mass is 16.6. The molecule has 0 aliphatic heterocycles. The molecule has 0 spiro atoms. The first-order chi connectivity index (χ1) is 18.9. The van der Waals surface area contributed by atoms with Crippen molar-refractivity contribution in [1.29, 1.82) is 0 Å². The number of benzene rings is 3. The Kier molecular flexibility index (Phi) is 10.3. The monoisotopic (exact) mass is 547 g/mol. The fraction of sp³-hybridized carbons (Fsp3) is 0.406. The van der Waals surface area contributed by atoms with E-state index in [0.717, 1.165) is 28.3 Å². The second-order valence-electron chi connectivity index (χ2n) is 11.0. The number of nitrogens with zero attached hydrogens (tertiary/aromatic N) is 1. The molecule has 3 amide bonds. The SMILES string of the molecule is CCCCN(C(=O)C(CO)NC(=O)OC(C)(C)C)C(C(=O)Nc1ccc2ccccc2c1)c1c(C)cccc1C. The molecule has 0 heterocycles. The van der Waals surface area contributed by atoms with Gasteiger partial charge in [0.25, 0.3) is 5.91 Å². The summed E-state index contributed by atoms with van der Waals surface area (Å²) < 4.78 is 5.31. The van der Waals surface area contributed by atoms with Gasteiger partial charge in [-0.2, -0.15) is 0 Å². The maximum absolute atomic E-state index is 14.1. The lowest BCUT2D eigenvalue weighted by Crippen LogP contribution is -2.54. The molecule has 40 heavy (non-hydrogen) atoms. The summed E-state index contributed by atoms with van der Waals surface area (Å²) in [5.41, 5.74) is 2.24. The molecular weight excluding hydrogens is 506 g/mol. The number of ether oxygens (including phenoxy) is 1. The second-order valence-corrected chi connectivity index (χ2v) is 11.0. The quantitative estimate of drug-likeness (QED) is 0.304. The maximum Gasteiger partial charge on any atom is 0.408 e. The first-order valence-electron chi connectivity index (χ1n) is 13.7. The number of aliphatic hydroxyl groups is 1. The van der Waals surface area contributed by atoms with Crippen molar-refractivity contribution >= 4 is 34.4 Å². The molecule has 0 radical (unpaired) electrons. The Bertz CT molecular complexity index is 1330. The van der Waals surface area contributed by atoms with E-state index in [2.05, 4.69) is 10.6 Å². The van der Waals surface area contributed by atoms with E-state index in [1.807, 2.05) is 81.4 Å². The highest BCUT2D eigenvalue weighted by molar-refractivity contribution is 6.00. The van der Waals surface area contributed by atoms with E-state index in [4.69, 9.17) is 4.74 Å². The molecule has 214 valence electrons. The number of aryl methyl sites for hydroxylation is 2. The van der Waals surface area contributed by atoms with Crippen molar-refractivity contribution < 1.29 is 24.2 Å². The van der Waals surface area contributed by atoms with Crippen molar-refractivity contribution in [2.45, 2.75) is 72.1 Å². The minimum absolute atomic E-state index is 0.255. The molecule has 3 N–H and O–H groups in total. The van der Waals surface area contributed by atoms with Crippen molar-refractivity contribution in [3.63, 3.8) is 0 Å². The summed E-state index contributed by atoms with van der Waals surface area (Å²) in [6, 6.07) is 17.0. The molecule has 8 nitrogen and oxygen atoms in total. The molecule has 3 rings (SSSR count). The third kappa shape index (κ3) is 7.82. The number of anilines is 1. The normalized spacial score (nSPS) is 12.9. The van der Waals surface area contributed by atoms with Crippen LogP contribution in [0.1, 0.15) is 63.3 Å². The third-order valence-corrected chi connectivity index (χ3v) is 6.60. The molecule has 3 aromatic rings. The van der Waals surface area contributed by atoms with Gasteiger partial charge in [-0.3, -0.25) is 9.59 Å². The van der Waals surface area contributed by atoms with Crippen LogP contribution in [0.15, 0.2) is 60.7 Å². The molecule has 2 unspecified atom stereocenters. The Balaban J connectivity index is 2.03. The highest BCUT2D eigenvalue weighted by Crippen LogP contribution is 2.30. The molecule has 3 aromatic carbocycles. The Labute approximate surface area is 236 Å². The number of carbonyl (C=O) groups is 3. The minimum Gasteiger partial charge on any atom is -0.444 e. The molecule has 8 heteroatoms. The summed E-state index contributed by atoms with van der Waals surface area (Å²) in [5, 5.41) is 17.7. The van der Waals surface area contributed by atoms with Crippen molar-refractivity contribution in [3.05, 3.63) is 77.4 Å². The Hall–Kier alpha value is -3.91. The number of hydrogen-bond acceptors (Lipinski definition) is 5. The number of fused-ring (bicyclic) bond motifs is 1. The van der Waals surface area contributed by atoms with Gasteiger partial charge in [0, 0.05) is 12.2 Å². The predicted octanol–water partition coefficient (Wildman–Crippen LogP) is 5.65. The molecular formula is C32H41N3O5. The Morgan fingerprint density at radius 1 is 0.950 bits per heavy atom. The van der Waals surface area contributed by atoms with Gasteiger partial charge in [0.1, 0.15) is 17.7 Å². The number of aliphatic hydroxyl groups excluding tert-OH is 1. The lowest BCUT2D eigenvalue weighted by atomic mass is 9.93. The zero-order valence-corrected chi connectivity index (χ0v) is 24.3. The third-order valence-electron chi connectivity index (χ3n) is 6.60. The van der Waals surface area contributed by atoms with E-state index >= 15 is 0 Å². The summed E-state index contributed by atoms with van der Waals surface area (Å²) in [6.45, 7) is 10.6. The van der Waals surface area contributed by atoms with E-state index in [1.165, 1.54) is 4.90 Å². The van der Waals surface area contributed by atoms with Crippen LogP contribution < -0.4 is 10.6 Å². The molecule has 0 aromatic heterocycles. The van der Waals surface area contributed by atoms with Crippen LogP contribution >= 0.6 is 0 Å². The van der Waals surface area contributed by atoms with E-state index in [9.17, 15) is 19.5 Å². The van der Waals surface area contributed by atoms with E-state index in [1.54, 1.807) is 20.8 Å². The van der Waals surface area contributed by atoms with E-state index < -0.39 is 36.3 Å². The van der Waals surface area contributed by atoms with Crippen LogP contribution in [0, 0.1) is 13.8 Å². The second kappa shape index (κ2) is 13.4. The highest BCUT2D eigenvalue weighted by Gasteiger charge is 2.37. The summed E-state index contributed by atoms with van der Waals surface area (Å²) in [6.07, 6.45) is 0.583. The molecule has 0 saturated heterocycles. The minimum atomic E-state index is -1.29. The van der Waals surface area contributed by atoms with Gasteiger partial charge in [-0.15, -0.1) is 0 Å². The Morgan fingerprint density at radius 2 is 1.60 bits per heavy atom. The standard InChI is InChI=1S/C32H41N3O5/c1-7-8-18-35(30(38)26(20-36)34-31(39)40-32(4,5)6)28(27-21(2)12-11-13-22(27)3)29(37)33-25-17-16-23-14-9-10-15-24(23)19-25/h9-17,19,26,28,36H,7-8,18,20H2,1-6H3,(H,33,37)(H,34,39). The first kappa shape index (κ1) is 30.6. The molecule has 0 fully saturated rings. The number of alkyl carbamates (subject to hydrolysis) is 1. The van der Waals surface area contributed by atoms with Gasteiger partial charge in [-0.1, -0.05) is 61.9 Å². The average molecular weight is 548 g/mol. The smallest absolute Gasteiger partial charge is 0.408 e. The van der Waals surface area contributed by atoms with Crippen molar-refractivity contribution in [3.8, 4) is 0 Å². The van der Waals surface area contributed by atoms with E-state index in [-0.39, 0.29) is 12.5 Å². The Morgan fingerprint density at radius 3 is 2.20 bits per heavy atom. The van der Waals surface area contributed by atoms with Crippen LogP contribution in [0.4, 0.5) is 10.5 Å². The van der Waals surface area contributed by atoms with Crippen LogP contribution in [-0.2, 0) is 14.3 Å². The summed E-state index contributed by atoms with van der Waals surface area (Å²) in [7, 11) is 0. The summed E-state index contributed by atoms with van der Waals surface area (Å²) >= 11 is 0. The number of rotatable bonds is 10. The lowest BCUT2D eigenvalue weighted by molar-refractivity contribution is -0.141. The van der Waals surface area contributed by atoms with Gasteiger partial charge in [-0.05, 0) is 80.6 Å². The van der Waals surface area contributed by atoms with Crippen LogP contribution in [0.3, 0.4) is 0 Å². The van der Waals surface area contributed by atoms with Gasteiger partial charge in [-0.25, -0.2) is 4.79 Å². The molecule has 0 aliphatic carbocycles. The summed E-state index contributed by atoms with van der Waals surface area (Å²) in [4.78, 5) is 42.0. The fourth-order valence-electron chi connectivity index (χ4n) is 4.70. The largest absolute Gasteiger partial charge is 0.444 e. The van der Waals surface area contributed by atoms with Crippen LogP contribution in [-0.4, -0.2) is 52.7 Å². The van der Waals surface area contributed by atoms with Crippen molar-refractivity contribution in [2.75, 3.05) is 18.5 Å². The number of nitrogens with one attached hydrogen (secondary N) is 2. The molecule has 0 saturated carbocycles. The molecule has 0 aliphatic rings. The maximum atomic E-state index is 14.1. The molecule has 2 atom stereocenters. The van der Waals surface area contributed by atoms with Gasteiger partial charge < -0.3 is 25.4 Å². The number of unbranched alkanes of at least 4 members (excludes halogenated alkanes) is 1. The van der Waals surface area contributed by atoms with Gasteiger partial charge in [0.2, 0.25) is 5.91 Å². The zero-order valence-electron chi connectivity index (χ0n) is 24.3. The van der Waals surface area contributed by atoms with Gasteiger partial charge in [0.05, 0.1) is 6.61 Å². The fourth-order valence-corrected chi connectivity index (χ4v) is 4.70. The molecule has 0 bridgehead atoms.